The van der Waals surface area contributed by atoms with Crippen LogP contribution in [-0.2, 0) is 6.42 Å². The molecular weight excluding hydrogens is 233 g/mol. The molecule has 0 saturated carbocycles. The van der Waals surface area contributed by atoms with Crippen molar-refractivity contribution in [2.24, 2.45) is 0 Å². The number of benzene rings is 1. The SMILES string of the molecule is BCCc1ccc(OC2CNC2)c(C(=O)O)c1O. The highest BCUT2D eigenvalue weighted by Gasteiger charge is 2.24. The number of aromatic carboxylic acids is 1. The first kappa shape index (κ1) is 12.8. The van der Waals surface area contributed by atoms with Crippen molar-refractivity contribution in [1.29, 1.82) is 0 Å². The Morgan fingerprint density at radius 3 is 2.72 bits per heavy atom. The lowest BCUT2D eigenvalue weighted by molar-refractivity contribution is 0.0680. The summed E-state index contributed by atoms with van der Waals surface area (Å²) in [7, 11) is 1.98. The first-order valence-corrected chi connectivity index (χ1v) is 6.09. The minimum Gasteiger partial charge on any atom is -0.507 e. The summed E-state index contributed by atoms with van der Waals surface area (Å²) in [5, 5.41) is 22.2. The number of carbonyl (C=O) groups is 1. The summed E-state index contributed by atoms with van der Waals surface area (Å²) in [6, 6.07) is 3.36. The quantitative estimate of drug-likeness (QED) is 0.642. The van der Waals surface area contributed by atoms with Gasteiger partial charge in [-0.1, -0.05) is 12.4 Å². The summed E-state index contributed by atoms with van der Waals surface area (Å²) >= 11 is 0. The fourth-order valence-corrected chi connectivity index (χ4v) is 1.92. The van der Waals surface area contributed by atoms with Crippen LogP contribution in [-0.4, -0.2) is 43.2 Å². The fourth-order valence-electron chi connectivity index (χ4n) is 1.92. The van der Waals surface area contributed by atoms with E-state index in [2.05, 4.69) is 5.32 Å². The van der Waals surface area contributed by atoms with Crippen LogP contribution in [0.5, 0.6) is 11.5 Å². The van der Waals surface area contributed by atoms with Crippen molar-refractivity contribution in [2.45, 2.75) is 18.8 Å². The molecule has 1 aromatic rings. The molecule has 1 heterocycles. The molecular formula is C12H16BNO4. The average Bonchev–Trinajstić information content (AvgIpc) is 2.26. The number of hydrogen-bond acceptors (Lipinski definition) is 4. The molecule has 1 saturated heterocycles. The molecule has 1 aliphatic heterocycles. The highest BCUT2D eigenvalue weighted by Crippen LogP contribution is 2.33. The average molecular weight is 249 g/mol. The molecule has 0 bridgehead atoms. The Bertz CT molecular complexity index is 460. The van der Waals surface area contributed by atoms with Gasteiger partial charge in [0.25, 0.3) is 0 Å². The zero-order chi connectivity index (χ0) is 13.1. The number of carboxylic acids is 1. The Morgan fingerprint density at radius 2 is 2.22 bits per heavy atom. The van der Waals surface area contributed by atoms with E-state index in [-0.39, 0.29) is 23.2 Å². The number of aromatic hydroxyl groups is 1. The number of carboxylic acid groups (broad SMARTS) is 1. The first-order valence-electron chi connectivity index (χ1n) is 6.09. The smallest absolute Gasteiger partial charge is 0.343 e. The van der Waals surface area contributed by atoms with Gasteiger partial charge in [-0.05, 0) is 18.1 Å². The standard InChI is InChI=1S/C12H16BNO4/c13-4-3-7-1-2-9(18-8-5-14-6-8)10(11(7)15)12(16)17/h1-2,8,14-15H,3-6,13H2,(H,16,17). The number of hydrogen-bond donors (Lipinski definition) is 3. The maximum atomic E-state index is 11.2. The first-order chi connectivity index (χ1) is 8.63. The summed E-state index contributed by atoms with van der Waals surface area (Å²) in [6.07, 6.45) is 1.48. The summed E-state index contributed by atoms with van der Waals surface area (Å²) < 4.78 is 5.55. The van der Waals surface area contributed by atoms with E-state index < -0.39 is 5.97 Å². The molecule has 0 amide bonds. The Labute approximate surface area is 106 Å². The number of ether oxygens (including phenoxy) is 1. The maximum Gasteiger partial charge on any atom is 0.343 e. The second-order valence-electron chi connectivity index (χ2n) is 4.40. The van der Waals surface area contributed by atoms with Crippen LogP contribution in [0.15, 0.2) is 12.1 Å². The van der Waals surface area contributed by atoms with E-state index in [9.17, 15) is 15.0 Å². The van der Waals surface area contributed by atoms with Crippen LogP contribution >= 0.6 is 0 Å². The molecule has 1 fully saturated rings. The maximum absolute atomic E-state index is 11.2. The Morgan fingerprint density at radius 1 is 1.50 bits per heavy atom. The second-order valence-corrected chi connectivity index (χ2v) is 4.40. The van der Waals surface area contributed by atoms with Gasteiger partial charge in [-0.2, -0.15) is 0 Å². The molecule has 0 aliphatic carbocycles. The van der Waals surface area contributed by atoms with Crippen molar-refractivity contribution >= 4 is 13.8 Å². The normalized spacial score (nSPS) is 15.1. The molecule has 3 N–H and O–H groups in total. The molecule has 1 aromatic carbocycles. The van der Waals surface area contributed by atoms with E-state index in [0.717, 1.165) is 6.32 Å². The minimum absolute atomic E-state index is 0.0143. The topological polar surface area (TPSA) is 78.8 Å². The fraction of sp³-hybridized carbons (Fsp3) is 0.417. The zero-order valence-corrected chi connectivity index (χ0v) is 10.3. The lowest BCUT2D eigenvalue weighted by Gasteiger charge is -2.28. The number of rotatable bonds is 5. The monoisotopic (exact) mass is 249 g/mol. The largest absolute Gasteiger partial charge is 0.507 e. The molecule has 2 rings (SSSR count). The molecule has 0 unspecified atom stereocenters. The molecule has 6 heteroatoms. The van der Waals surface area contributed by atoms with E-state index >= 15 is 0 Å². The molecule has 1 aliphatic rings. The van der Waals surface area contributed by atoms with Gasteiger partial charge in [-0.15, -0.1) is 0 Å². The van der Waals surface area contributed by atoms with Crippen molar-refractivity contribution in [3.8, 4) is 11.5 Å². The number of nitrogens with one attached hydrogen (secondary N) is 1. The van der Waals surface area contributed by atoms with Crippen LogP contribution in [0, 0.1) is 0 Å². The van der Waals surface area contributed by atoms with E-state index in [4.69, 9.17) is 4.74 Å². The van der Waals surface area contributed by atoms with E-state index in [1.165, 1.54) is 0 Å². The van der Waals surface area contributed by atoms with Gasteiger partial charge in [0.2, 0.25) is 0 Å². The Kier molecular flexibility index (Phi) is 3.76. The van der Waals surface area contributed by atoms with Gasteiger partial charge in [0.15, 0.2) is 0 Å². The van der Waals surface area contributed by atoms with E-state index in [1.54, 1.807) is 12.1 Å². The third-order valence-electron chi connectivity index (χ3n) is 2.99. The lowest BCUT2D eigenvalue weighted by Crippen LogP contribution is -2.50. The highest BCUT2D eigenvalue weighted by atomic mass is 16.5. The van der Waals surface area contributed by atoms with Gasteiger partial charge < -0.3 is 20.3 Å². The van der Waals surface area contributed by atoms with Gasteiger partial charge in [-0.25, -0.2) is 4.79 Å². The van der Waals surface area contributed by atoms with Crippen molar-refractivity contribution in [3.63, 3.8) is 0 Å². The molecule has 0 atom stereocenters. The summed E-state index contributed by atoms with van der Waals surface area (Å²) in [4.78, 5) is 11.2. The summed E-state index contributed by atoms with van der Waals surface area (Å²) in [5.41, 5.74) is 0.516. The van der Waals surface area contributed by atoms with Crippen molar-refractivity contribution < 1.29 is 19.7 Å². The van der Waals surface area contributed by atoms with E-state index in [0.29, 0.717) is 25.1 Å². The zero-order valence-electron chi connectivity index (χ0n) is 10.3. The van der Waals surface area contributed by atoms with Crippen LogP contribution < -0.4 is 10.1 Å². The number of phenols is 1. The molecule has 0 aromatic heterocycles. The van der Waals surface area contributed by atoms with Crippen LogP contribution in [0.3, 0.4) is 0 Å². The van der Waals surface area contributed by atoms with Gasteiger partial charge in [0.1, 0.15) is 31.0 Å². The Balaban J connectivity index is 2.33. The molecule has 0 radical (unpaired) electrons. The Hall–Kier alpha value is -1.69. The van der Waals surface area contributed by atoms with Gasteiger partial charge in [-0.3, -0.25) is 0 Å². The van der Waals surface area contributed by atoms with Crippen LogP contribution in [0.1, 0.15) is 15.9 Å². The van der Waals surface area contributed by atoms with Gasteiger partial charge >= 0.3 is 5.97 Å². The predicted molar refractivity (Wildman–Crippen MR) is 69.4 cm³/mol. The summed E-state index contributed by atoms with van der Waals surface area (Å²) in [5.74, 6) is -1.09. The summed E-state index contributed by atoms with van der Waals surface area (Å²) in [6.45, 7) is 1.41. The highest BCUT2D eigenvalue weighted by molar-refractivity contribution is 6.08. The van der Waals surface area contributed by atoms with Crippen LogP contribution in [0.4, 0.5) is 0 Å². The van der Waals surface area contributed by atoms with Crippen molar-refractivity contribution in [1.82, 2.24) is 5.32 Å². The van der Waals surface area contributed by atoms with Gasteiger partial charge in [0, 0.05) is 13.1 Å². The third-order valence-corrected chi connectivity index (χ3v) is 2.99. The van der Waals surface area contributed by atoms with E-state index in [1.807, 2.05) is 7.85 Å². The van der Waals surface area contributed by atoms with Crippen molar-refractivity contribution in [2.75, 3.05) is 13.1 Å². The third kappa shape index (κ3) is 2.43. The molecule has 18 heavy (non-hydrogen) atoms. The predicted octanol–water partition coefficient (Wildman–Crippen LogP) is 0.0349. The molecule has 96 valence electrons. The van der Waals surface area contributed by atoms with Crippen LogP contribution in [0.2, 0.25) is 6.32 Å². The minimum atomic E-state index is -1.16. The molecule has 5 nitrogen and oxygen atoms in total. The van der Waals surface area contributed by atoms with Gasteiger partial charge in [0.05, 0.1) is 0 Å². The number of aryl methyl sites for hydroxylation is 1. The lowest BCUT2D eigenvalue weighted by atomic mass is 9.95. The second kappa shape index (κ2) is 5.31. The molecule has 0 spiro atoms. The van der Waals surface area contributed by atoms with Crippen molar-refractivity contribution in [3.05, 3.63) is 23.3 Å². The van der Waals surface area contributed by atoms with Crippen LogP contribution in [0.25, 0.3) is 0 Å².